The summed E-state index contributed by atoms with van der Waals surface area (Å²) in [7, 11) is 0. The Balaban J connectivity index is 2.24. The first kappa shape index (κ1) is 16.0. The van der Waals surface area contributed by atoms with Crippen molar-refractivity contribution in [2.45, 2.75) is 19.9 Å². The smallest absolute Gasteiger partial charge is 0.323 e. The lowest BCUT2D eigenvalue weighted by atomic mass is 10.1. The maximum absolute atomic E-state index is 12.4. The normalized spacial score (nSPS) is 10.7. The van der Waals surface area contributed by atoms with Crippen LogP contribution in [0.25, 0.3) is 11.3 Å². The maximum Gasteiger partial charge on any atom is 0.323 e. The fraction of sp³-hybridized carbons (Fsp3) is 0.267. The topological polar surface area (TPSA) is 86.3 Å². The first-order valence-corrected chi connectivity index (χ1v) is 7.10. The number of nitrogens with zero attached hydrogens (tertiary/aromatic N) is 2. The molecule has 7 heteroatoms. The van der Waals surface area contributed by atoms with E-state index >= 15 is 0 Å². The summed E-state index contributed by atoms with van der Waals surface area (Å²) in [5.74, 6) is -1.45. The number of hydrogen-bond acceptors (Lipinski definition) is 3. The van der Waals surface area contributed by atoms with Gasteiger partial charge in [-0.1, -0.05) is 23.7 Å². The van der Waals surface area contributed by atoms with Crippen molar-refractivity contribution in [3.05, 3.63) is 41.0 Å². The summed E-state index contributed by atoms with van der Waals surface area (Å²) in [4.78, 5) is 24.5. The van der Waals surface area contributed by atoms with Crippen LogP contribution in [0.5, 0.6) is 0 Å². The largest absolute Gasteiger partial charge is 0.480 e. The van der Waals surface area contributed by atoms with Gasteiger partial charge in [0.25, 0.3) is 5.91 Å². The number of aromatic amines is 1. The SMILES string of the molecule is CC(C)N(CC(=O)O)C(=O)c1cc(-c2ccc(Cl)cc2)n[nH]1. The second kappa shape index (κ2) is 6.62. The van der Waals surface area contributed by atoms with E-state index in [-0.39, 0.29) is 18.3 Å². The predicted octanol–water partition coefficient (Wildman–Crippen LogP) is 2.67. The number of aliphatic carboxylic acids is 1. The highest BCUT2D eigenvalue weighted by Gasteiger charge is 2.23. The van der Waals surface area contributed by atoms with Gasteiger partial charge in [0.05, 0.1) is 5.69 Å². The highest BCUT2D eigenvalue weighted by molar-refractivity contribution is 6.30. The van der Waals surface area contributed by atoms with Crippen molar-refractivity contribution >= 4 is 23.5 Å². The fourth-order valence-corrected chi connectivity index (χ4v) is 2.12. The van der Waals surface area contributed by atoms with Crippen LogP contribution in [-0.4, -0.2) is 44.7 Å². The van der Waals surface area contributed by atoms with Gasteiger partial charge in [-0.15, -0.1) is 0 Å². The van der Waals surface area contributed by atoms with E-state index in [4.69, 9.17) is 16.7 Å². The Morgan fingerprint density at radius 3 is 2.50 bits per heavy atom. The van der Waals surface area contributed by atoms with Crippen molar-refractivity contribution in [2.75, 3.05) is 6.54 Å². The van der Waals surface area contributed by atoms with E-state index in [1.807, 2.05) is 0 Å². The van der Waals surface area contributed by atoms with Gasteiger partial charge in [-0.3, -0.25) is 14.7 Å². The van der Waals surface area contributed by atoms with Gasteiger partial charge in [-0.25, -0.2) is 0 Å². The molecule has 0 unspecified atom stereocenters. The molecule has 2 rings (SSSR count). The lowest BCUT2D eigenvalue weighted by Crippen LogP contribution is -2.40. The Hall–Kier alpha value is -2.34. The van der Waals surface area contributed by atoms with E-state index in [0.29, 0.717) is 10.7 Å². The van der Waals surface area contributed by atoms with E-state index in [9.17, 15) is 9.59 Å². The monoisotopic (exact) mass is 321 g/mol. The first-order valence-electron chi connectivity index (χ1n) is 6.72. The van der Waals surface area contributed by atoms with Crippen LogP contribution < -0.4 is 0 Å². The molecule has 116 valence electrons. The molecular formula is C15H16ClN3O3. The first-order chi connectivity index (χ1) is 10.4. The summed E-state index contributed by atoms with van der Waals surface area (Å²) >= 11 is 5.84. The summed E-state index contributed by atoms with van der Waals surface area (Å²) in [5, 5.41) is 16.3. The quantitative estimate of drug-likeness (QED) is 0.886. The number of carbonyl (C=O) groups excluding carboxylic acids is 1. The zero-order valence-electron chi connectivity index (χ0n) is 12.2. The molecule has 0 aliphatic carbocycles. The molecule has 2 N–H and O–H groups in total. The molecule has 1 heterocycles. The Morgan fingerprint density at radius 2 is 1.95 bits per heavy atom. The fourth-order valence-electron chi connectivity index (χ4n) is 1.99. The molecule has 1 aromatic heterocycles. The van der Waals surface area contributed by atoms with Crippen LogP contribution in [0.2, 0.25) is 5.02 Å². The van der Waals surface area contributed by atoms with Crippen molar-refractivity contribution in [1.82, 2.24) is 15.1 Å². The number of carboxylic acids is 1. The van der Waals surface area contributed by atoms with Gasteiger partial charge in [0.1, 0.15) is 12.2 Å². The zero-order valence-corrected chi connectivity index (χ0v) is 13.0. The van der Waals surface area contributed by atoms with Gasteiger partial charge < -0.3 is 10.0 Å². The average molecular weight is 322 g/mol. The van der Waals surface area contributed by atoms with Crippen LogP contribution >= 0.6 is 11.6 Å². The number of rotatable bonds is 5. The molecule has 0 fully saturated rings. The summed E-state index contributed by atoms with van der Waals surface area (Å²) < 4.78 is 0. The Bertz CT molecular complexity index is 680. The Kier molecular flexibility index (Phi) is 4.82. The maximum atomic E-state index is 12.4. The molecule has 0 aliphatic rings. The Labute approximate surface area is 132 Å². The molecular weight excluding hydrogens is 306 g/mol. The number of hydrogen-bond donors (Lipinski definition) is 2. The lowest BCUT2D eigenvalue weighted by molar-refractivity contribution is -0.138. The molecule has 1 aromatic carbocycles. The second-order valence-corrected chi connectivity index (χ2v) is 5.53. The minimum absolute atomic E-state index is 0.231. The molecule has 22 heavy (non-hydrogen) atoms. The Morgan fingerprint density at radius 1 is 1.32 bits per heavy atom. The number of halogens is 1. The molecule has 0 aliphatic heterocycles. The molecule has 0 bridgehead atoms. The van der Waals surface area contributed by atoms with Crippen molar-refractivity contribution in [3.63, 3.8) is 0 Å². The van der Waals surface area contributed by atoms with Gasteiger partial charge >= 0.3 is 5.97 Å². The van der Waals surface area contributed by atoms with Gasteiger partial charge in [0.2, 0.25) is 0 Å². The highest BCUT2D eigenvalue weighted by Crippen LogP contribution is 2.21. The van der Waals surface area contributed by atoms with E-state index in [1.165, 1.54) is 4.90 Å². The van der Waals surface area contributed by atoms with Crippen LogP contribution in [-0.2, 0) is 4.79 Å². The zero-order chi connectivity index (χ0) is 16.3. The van der Waals surface area contributed by atoms with Crippen LogP contribution in [0.1, 0.15) is 24.3 Å². The minimum Gasteiger partial charge on any atom is -0.480 e. The summed E-state index contributed by atoms with van der Waals surface area (Å²) in [6.45, 7) is 3.17. The molecule has 6 nitrogen and oxygen atoms in total. The molecule has 2 aromatic rings. The lowest BCUT2D eigenvalue weighted by Gasteiger charge is -2.23. The molecule has 0 spiro atoms. The van der Waals surface area contributed by atoms with Gasteiger partial charge in [-0.05, 0) is 32.0 Å². The average Bonchev–Trinajstić information content (AvgIpc) is 2.94. The van der Waals surface area contributed by atoms with E-state index in [0.717, 1.165) is 5.56 Å². The number of carboxylic acid groups (broad SMARTS) is 1. The third-order valence-electron chi connectivity index (χ3n) is 3.14. The van der Waals surface area contributed by atoms with Crippen LogP contribution in [0, 0.1) is 0 Å². The second-order valence-electron chi connectivity index (χ2n) is 5.09. The van der Waals surface area contributed by atoms with E-state index in [1.54, 1.807) is 44.2 Å². The van der Waals surface area contributed by atoms with E-state index < -0.39 is 11.9 Å². The van der Waals surface area contributed by atoms with Crippen molar-refractivity contribution in [3.8, 4) is 11.3 Å². The molecule has 0 atom stereocenters. The van der Waals surface area contributed by atoms with Crippen molar-refractivity contribution in [1.29, 1.82) is 0 Å². The summed E-state index contributed by atoms with van der Waals surface area (Å²) in [6.07, 6.45) is 0. The van der Waals surface area contributed by atoms with Crippen LogP contribution in [0.15, 0.2) is 30.3 Å². The van der Waals surface area contributed by atoms with Gasteiger partial charge in [-0.2, -0.15) is 5.10 Å². The third-order valence-corrected chi connectivity index (χ3v) is 3.39. The van der Waals surface area contributed by atoms with Crippen LogP contribution in [0.3, 0.4) is 0 Å². The summed E-state index contributed by atoms with van der Waals surface area (Å²) in [6, 6.07) is 8.43. The summed E-state index contributed by atoms with van der Waals surface area (Å²) in [5.41, 5.74) is 1.66. The number of carbonyl (C=O) groups is 2. The molecule has 1 amide bonds. The van der Waals surface area contributed by atoms with Gasteiger partial charge in [0, 0.05) is 16.6 Å². The third kappa shape index (κ3) is 3.65. The van der Waals surface area contributed by atoms with Crippen LogP contribution in [0.4, 0.5) is 0 Å². The molecule has 0 radical (unpaired) electrons. The molecule has 0 saturated carbocycles. The number of benzene rings is 1. The highest BCUT2D eigenvalue weighted by atomic mass is 35.5. The van der Waals surface area contributed by atoms with Crippen molar-refractivity contribution in [2.24, 2.45) is 0 Å². The number of nitrogens with one attached hydrogen (secondary N) is 1. The van der Waals surface area contributed by atoms with Gasteiger partial charge in [0.15, 0.2) is 0 Å². The van der Waals surface area contributed by atoms with Crippen molar-refractivity contribution < 1.29 is 14.7 Å². The molecule has 0 saturated heterocycles. The number of H-pyrrole nitrogens is 1. The number of aromatic nitrogens is 2. The minimum atomic E-state index is -1.06. The standard InChI is InChI=1S/C15H16ClN3O3/c1-9(2)19(8-14(20)21)15(22)13-7-12(17-18-13)10-3-5-11(16)6-4-10/h3-7,9H,8H2,1-2H3,(H,17,18)(H,20,21). The predicted molar refractivity (Wildman–Crippen MR) is 82.8 cm³/mol. The number of amides is 1. The van der Waals surface area contributed by atoms with E-state index in [2.05, 4.69) is 10.2 Å².